The molecule has 1 aliphatic carbocycles. The van der Waals surface area contributed by atoms with Crippen LogP contribution >= 0.6 is 0 Å². The molecule has 2 aromatic carbocycles. The second kappa shape index (κ2) is 10.7. The van der Waals surface area contributed by atoms with E-state index >= 15 is 0 Å². The average Bonchev–Trinajstić information content (AvgIpc) is 3.61. The van der Waals surface area contributed by atoms with Crippen LogP contribution in [0, 0.1) is 0 Å². The first-order valence-corrected chi connectivity index (χ1v) is 16.6. The fourth-order valence-electron chi connectivity index (χ4n) is 6.25. The first-order chi connectivity index (χ1) is 20.3. The summed E-state index contributed by atoms with van der Waals surface area (Å²) in [6.07, 6.45) is 9.45. The molecule has 10 nitrogen and oxygen atoms in total. The fourth-order valence-corrected chi connectivity index (χ4v) is 6.93. The van der Waals surface area contributed by atoms with Crippen molar-refractivity contribution in [3.05, 3.63) is 60.8 Å². The normalized spacial score (nSPS) is 17.3. The van der Waals surface area contributed by atoms with E-state index in [1.807, 2.05) is 35.0 Å². The van der Waals surface area contributed by atoms with Crippen molar-refractivity contribution in [3.63, 3.8) is 0 Å². The summed E-state index contributed by atoms with van der Waals surface area (Å²) in [5, 5.41) is 13.9. The van der Waals surface area contributed by atoms with Gasteiger partial charge in [-0.3, -0.25) is 4.68 Å². The highest BCUT2D eigenvalue weighted by Crippen LogP contribution is 2.33. The van der Waals surface area contributed by atoms with Gasteiger partial charge in [-0.05, 0) is 62.4 Å². The molecule has 1 aliphatic heterocycles. The minimum atomic E-state index is -3.41. The predicted molar refractivity (Wildman–Crippen MR) is 166 cm³/mol. The molecule has 1 saturated heterocycles. The van der Waals surface area contributed by atoms with Crippen molar-refractivity contribution in [1.29, 1.82) is 0 Å². The largest absolute Gasteiger partial charge is 0.369 e. The van der Waals surface area contributed by atoms with Crippen molar-refractivity contribution in [2.75, 3.05) is 49.7 Å². The monoisotopic (exact) mass is 584 g/mol. The number of piperazine rings is 1. The predicted octanol–water partition coefficient (Wildman–Crippen LogP) is 5.15. The number of aromatic nitrogens is 5. The maximum atomic E-state index is 12.6. The van der Waals surface area contributed by atoms with Gasteiger partial charge in [-0.25, -0.2) is 12.9 Å². The Kier molecular flexibility index (Phi) is 6.86. The topological polar surface area (TPSA) is 101 Å². The third kappa shape index (κ3) is 5.22. The molecule has 5 aromatic rings. The Morgan fingerprint density at radius 1 is 0.929 bits per heavy atom. The van der Waals surface area contributed by atoms with Crippen LogP contribution in [-0.2, 0) is 9.84 Å². The molecule has 42 heavy (non-hydrogen) atoms. The molecule has 2 aliphatic rings. The highest BCUT2D eigenvalue weighted by atomic mass is 32.2. The van der Waals surface area contributed by atoms with Crippen LogP contribution in [0.1, 0.15) is 38.1 Å². The molecule has 1 N–H and O–H groups in total. The van der Waals surface area contributed by atoms with Crippen molar-refractivity contribution in [2.45, 2.75) is 43.0 Å². The summed E-state index contributed by atoms with van der Waals surface area (Å²) < 4.78 is 29.1. The first kappa shape index (κ1) is 26.9. The summed E-state index contributed by atoms with van der Waals surface area (Å²) >= 11 is 0. The number of likely N-dealkylation sites (N-methyl/N-ethyl adjacent to an activating group) is 1. The number of pyridine rings is 1. The average molecular weight is 585 g/mol. The van der Waals surface area contributed by atoms with Crippen molar-refractivity contribution in [3.8, 4) is 11.3 Å². The number of fused-ring (bicyclic) bond motifs is 2. The summed E-state index contributed by atoms with van der Waals surface area (Å²) in [5.74, 6) is 0.406. The molecular weight excluding hydrogens is 548 g/mol. The van der Waals surface area contributed by atoms with Crippen molar-refractivity contribution < 1.29 is 8.42 Å². The second-order valence-electron chi connectivity index (χ2n) is 11.7. The van der Waals surface area contributed by atoms with Gasteiger partial charge in [0.2, 0.25) is 5.95 Å². The standard InChI is InChI=1S/C31H36N8O2S/c1-36-13-15-37(16-14-36)26-18-24(19-27(20-26)42(2,40)41)33-31-34-30-10-6-9-28(39(30)35-31)22-11-12-29-23(17-22)21-32-38(29)25-7-4-3-5-8-25/h6,9-12,17-21,25H,3-5,7-8,13-16H2,1-2H3,(H,33,35). The van der Waals surface area contributed by atoms with Crippen LogP contribution in [0.25, 0.3) is 27.8 Å². The number of rotatable bonds is 6. The number of anilines is 3. The highest BCUT2D eigenvalue weighted by Gasteiger charge is 2.20. The SMILES string of the molecule is CN1CCN(c2cc(Nc3nc4cccc(-c5ccc6c(cnn6C6CCCCC6)c5)n4n3)cc(S(C)(=O)=O)c2)CC1. The highest BCUT2D eigenvalue weighted by molar-refractivity contribution is 7.90. The zero-order valence-electron chi connectivity index (χ0n) is 24.1. The number of hydrogen-bond acceptors (Lipinski definition) is 8. The Bertz CT molecular complexity index is 1860. The molecule has 7 rings (SSSR count). The minimum Gasteiger partial charge on any atom is -0.369 e. The molecule has 0 bridgehead atoms. The number of nitrogens with zero attached hydrogens (tertiary/aromatic N) is 7. The summed E-state index contributed by atoms with van der Waals surface area (Å²) in [6, 6.07) is 18.3. The van der Waals surface area contributed by atoms with Gasteiger partial charge in [-0.1, -0.05) is 31.4 Å². The van der Waals surface area contributed by atoms with Gasteiger partial charge in [-0.2, -0.15) is 10.1 Å². The molecule has 0 unspecified atom stereocenters. The molecule has 3 aromatic heterocycles. The molecule has 11 heteroatoms. The van der Waals surface area contributed by atoms with Gasteiger partial charge in [0.25, 0.3) is 0 Å². The number of nitrogens with one attached hydrogen (secondary N) is 1. The molecule has 0 amide bonds. The third-order valence-electron chi connectivity index (χ3n) is 8.62. The van der Waals surface area contributed by atoms with E-state index in [4.69, 9.17) is 15.2 Å². The van der Waals surface area contributed by atoms with Crippen molar-refractivity contribution in [1.82, 2.24) is 29.3 Å². The zero-order valence-corrected chi connectivity index (χ0v) is 24.9. The van der Waals surface area contributed by atoms with Gasteiger partial charge in [0.15, 0.2) is 15.5 Å². The van der Waals surface area contributed by atoms with Crippen LogP contribution in [0.5, 0.6) is 0 Å². The number of benzene rings is 2. The van der Waals surface area contributed by atoms with E-state index in [2.05, 4.69) is 45.0 Å². The van der Waals surface area contributed by atoms with Crippen LogP contribution < -0.4 is 10.2 Å². The Morgan fingerprint density at radius 3 is 2.52 bits per heavy atom. The summed E-state index contributed by atoms with van der Waals surface area (Å²) in [5.41, 5.74) is 5.33. The Labute approximate surface area is 245 Å². The van der Waals surface area contributed by atoms with E-state index in [-0.39, 0.29) is 4.90 Å². The molecule has 4 heterocycles. The Balaban J connectivity index is 1.21. The van der Waals surface area contributed by atoms with Crippen LogP contribution in [0.4, 0.5) is 17.3 Å². The van der Waals surface area contributed by atoms with Gasteiger partial charge in [0, 0.05) is 54.8 Å². The molecule has 218 valence electrons. The lowest BCUT2D eigenvalue weighted by atomic mass is 9.95. The molecule has 2 fully saturated rings. The fraction of sp³-hybridized carbons (Fsp3) is 0.387. The van der Waals surface area contributed by atoms with Crippen LogP contribution in [0.15, 0.2) is 65.7 Å². The minimum absolute atomic E-state index is 0.271. The van der Waals surface area contributed by atoms with Gasteiger partial charge >= 0.3 is 0 Å². The van der Waals surface area contributed by atoms with Gasteiger partial charge in [0.1, 0.15) is 0 Å². The maximum absolute atomic E-state index is 12.6. The van der Waals surface area contributed by atoms with E-state index in [1.54, 1.807) is 12.1 Å². The van der Waals surface area contributed by atoms with E-state index in [0.717, 1.165) is 48.5 Å². The van der Waals surface area contributed by atoms with E-state index in [9.17, 15) is 8.42 Å². The third-order valence-corrected chi connectivity index (χ3v) is 9.71. The molecule has 1 saturated carbocycles. The molecule has 0 radical (unpaired) electrons. The molecule has 0 spiro atoms. The number of hydrogen-bond donors (Lipinski definition) is 1. The van der Waals surface area contributed by atoms with Crippen LogP contribution in [0.2, 0.25) is 0 Å². The lowest BCUT2D eigenvalue weighted by molar-refractivity contribution is 0.313. The Morgan fingerprint density at radius 2 is 1.74 bits per heavy atom. The smallest absolute Gasteiger partial charge is 0.247 e. The van der Waals surface area contributed by atoms with Gasteiger partial charge in [0.05, 0.1) is 28.3 Å². The first-order valence-electron chi connectivity index (χ1n) is 14.7. The van der Waals surface area contributed by atoms with Crippen LogP contribution in [-0.4, -0.2) is 77.2 Å². The van der Waals surface area contributed by atoms with E-state index in [1.165, 1.54) is 43.9 Å². The van der Waals surface area contributed by atoms with E-state index in [0.29, 0.717) is 23.3 Å². The van der Waals surface area contributed by atoms with E-state index < -0.39 is 9.84 Å². The molecular formula is C31H36N8O2S. The second-order valence-corrected chi connectivity index (χ2v) is 13.7. The summed E-state index contributed by atoms with van der Waals surface area (Å²) in [6.45, 7) is 3.53. The summed E-state index contributed by atoms with van der Waals surface area (Å²) in [7, 11) is -1.31. The lowest BCUT2D eigenvalue weighted by Crippen LogP contribution is -2.44. The summed E-state index contributed by atoms with van der Waals surface area (Å²) in [4.78, 5) is 9.49. The number of sulfone groups is 1. The van der Waals surface area contributed by atoms with Gasteiger partial charge < -0.3 is 15.1 Å². The van der Waals surface area contributed by atoms with Crippen molar-refractivity contribution in [2.24, 2.45) is 0 Å². The maximum Gasteiger partial charge on any atom is 0.247 e. The zero-order chi connectivity index (χ0) is 28.8. The Hall–Kier alpha value is -3.96. The lowest BCUT2D eigenvalue weighted by Gasteiger charge is -2.34. The van der Waals surface area contributed by atoms with Crippen molar-refractivity contribution >= 4 is 43.7 Å². The molecule has 0 atom stereocenters. The quantitative estimate of drug-likeness (QED) is 0.293. The van der Waals surface area contributed by atoms with Gasteiger partial charge in [-0.15, -0.1) is 5.10 Å². The van der Waals surface area contributed by atoms with Crippen LogP contribution in [0.3, 0.4) is 0 Å².